The lowest BCUT2D eigenvalue weighted by Gasteiger charge is -2.55. The second-order valence-electron chi connectivity index (χ2n) is 13.3. The van der Waals surface area contributed by atoms with Crippen molar-refractivity contribution in [1.82, 2.24) is 10.2 Å². The van der Waals surface area contributed by atoms with Crippen molar-refractivity contribution in [2.45, 2.75) is 102 Å². The van der Waals surface area contributed by atoms with Crippen molar-refractivity contribution < 1.29 is 18.8 Å². The molecule has 1 N–H and O–H groups in total. The van der Waals surface area contributed by atoms with Crippen LogP contribution in [-0.2, 0) is 21.1 Å². The zero-order valence-electron chi connectivity index (χ0n) is 24.5. The molecule has 2 heterocycles. The zero-order chi connectivity index (χ0) is 28.2. The molecule has 7 heteroatoms. The maximum atomic E-state index is 14.0. The van der Waals surface area contributed by atoms with Gasteiger partial charge in [-0.15, -0.1) is 0 Å². The lowest BCUT2D eigenvalue weighted by Crippen LogP contribution is -2.67. The van der Waals surface area contributed by atoms with E-state index in [2.05, 4.69) is 57.4 Å². The van der Waals surface area contributed by atoms with E-state index >= 15 is 0 Å². The average molecular weight is 549 g/mol. The van der Waals surface area contributed by atoms with E-state index in [-0.39, 0.29) is 35.0 Å². The third kappa shape index (κ3) is 4.71. The van der Waals surface area contributed by atoms with Gasteiger partial charge in [0.1, 0.15) is 11.9 Å². The summed E-state index contributed by atoms with van der Waals surface area (Å²) >= 11 is 0. The monoisotopic (exact) mass is 548 g/mol. The number of nitrogens with zero attached hydrogens (tertiary/aromatic N) is 1. The molecule has 4 atom stereocenters. The molecule has 2 aliphatic heterocycles. The Bertz CT molecular complexity index is 1240. The molecule has 2 fully saturated rings. The Labute approximate surface area is 234 Å². The number of carbonyl (C=O) groups excluding carboxylic acids is 2. The fourth-order valence-electron chi connectivity index (χ4n) is 6.62. The first kappa shape index (κ1) is 27.9. The molecule has 6 nitrogen and oxygen atoms in total. The number of amides is 2. The molecule has 210 valence electrons. The third-order valence-electron chi connectivity index (χ3n) is 9.49. The number of hydrogen-bond acceptors (Lipinski definition) is 4. The van der Waals surface area contributed by atoms with E-state index in [1.54, 1.807) is 0 Å². The topological polar surface area (TPSA) is 67.9 Å². The Kier molecular flexibility index (Phi) is 7.21. The van der Waals surface area contributed by atoms with Gasteiger partial charge >= 0.3 is 0 Å². The lowest BCUT2D eigenvalue weighted by molar-refractivity contribution is -0.125. The molecule has 1 aliphatic carbocycles. The Hall–Kier alpha value is -2.64. The molecule has 2 amide bonds. The van der Waals surface area contributed by atoms with Gasteiger partial charge in [0.15, 0.2) is 8.32 Å². The van der Waals surface area contributed by atoms with Crippen molar-refractivity contribution in [3.05, 3.63) is 65.2 Å². The van der Waals surface area contributed by atoms with E-state index in [0.29, 0.717) is 18.5 Å². The number of ether oxygens (including phenoxy) is 1. The maximum Gasteiger partial charge on any atom is 0.255 e. The van der Waals surface area contributed by atoms with Crippen LogP contribution in [0.25, 0.3) is 0 Å². The van der Waals surface area contributed by atoms with E-state index in [1.165, 1.54) is 0 Å². The fourth-order valence-corrected chi connectivity index (χ4v) is 8.00. The van der Waals surface area contributed by atoms with Crippen LogP contribution in [0.15, 0.2) is 48.5 Å². The van der Waals surface area contributed by atoms with E-state index < -0.39 is 19.9 Å². The Balaban J connectivity index is 1.53. The number of carbonyl (C=O) groups is 2. The molecule has 1 saturated heterocycles. The minimum Gasteiger partial charge on any atom is -0.491 e. The highest BCUT2D eigenvalue weighted by Crippen LogP contribution is 2.56. The van der Waals surface area contributed by atoms with Crippen LogP contribution in [0.5, 0.6) is 5.75 Å². The molecular formula is C32H44N2O4Si. The second-order valence-corrected chi connectivity index (χ2v) is 18.1. The smallest absolute Gasteiger partial charge is 0.255 e. The number of fused-ring (bicyclic) bond motifs is 1. The van der Waals surface area contributed by atoms with Gasteiger partial charge in [0.2, 0.25) is 5.91 Å². The minimum atomic E-state index is -2.16. The van der Waals surface area contributed by atoms with Crippen LogP contribution in [0.1, 0.15) is 75.4 Å². The van der Waals surface area contributed by atoms with Gasteiger partial charge in [0.05, 0.1) is 23.5 Å². The Morgan fingerprint density at radius 2 is 1.74 bits per heavy atom. The highest BCUT2D eigenvalue weighted by atomic mass is 28.4. The number of rotatable bonds is 7. The van der Waals surface area contributed by atoms with Gasteiger partial charge in [0, 0.05) is 12.1 Å². The van der Waals surface area contributed by atoms with E-state index in [0.717, 1.165) is 36.1 Å². The van der Waals surface area contributed by atoms with Gasteiger partial charge in [-0.25, -0.2) is 0 Å². The quantitative estimate of drug-likeness (QED) is 0.427. The van der Waals surface area contributed by atoms with Crippen LogP contribution in [0.2, 0.25) is 18.1 Å². The van der Waals surface area contributed by atoms with Crippen molar-refractivity contribution in [2.75, 3.05) is 6.54 Å². The van der Waals surface area contributed by atoms with Gasteiger partial charge < -0.3 is 19.4 Å². The normalized spacial score (nSPS) is 26.7. The minimum absolute atomic E-state index is 0.0152. The van der Waals surface area contributed by atoms with Crippen molar-refractivity contribution in [3.8, 4) is 5.75 Å². The average Bonchev–Trinajstić information content (AvgIpc) is 3.18. The first-order valence-corrected chi connectivity index (χ1v) is 17.4. The third-order valence-corrected chi connectivity index (χ3v) is 14.0. The van der Waals surface area contributed by atoms with Crippen molar-refractivity contribution >= 4 is 20.1 Å². The summed E-state index contributed by atoms with van der Waals surface area (Å²) in [5.41, 5.74) is 2.23. The van der Waals surface area contributed by atoms with Gasteiger partial charge in [0.25, 0.3) is 5.91 Å². The maximum absolute atomic E-state index is 14.0. The summed E-state index contributed by atoms with van der Waals surface area (Å²) in [6, 6.07) is 16.1. The summed E-state index contributed by atoms with van der Waals surface area (Å²) in [7, 11) is -2.16. The van der Waals surface area contributed by atoms with Crippen LogP contribution in [0, 0.1) is 5.92 Å². The van der Waals surface area contributed by atoms with Crippen LogP contribution in [-0.4, -0.2) is 50.0 Å². The number of benzene rings is 2. The summed E-state index contributed by atoms with van der Waals surface area (Å²) < 4.78 is 13.0. The van der Waals surface area contributed by atoms with E-state index in [9.17, 15) is 9.59 Å². The van der Waals surface area contributed by atoms with Gasteiger partial charge in [-0.2, -0.15) is 0 Å². The summed E-state index contributed by atoms with van der Waals surface area (Å²) in [4.78, 5) is 29.6. The fraction of sp³-hybridized carbons (Fsp3) is 0.562. The lowest BCUT2D eigenvalue weighted by atomic mass is 9.58. The first-order chi connectivity index (χ1) is 18.4. The SMILES string of the molecule is CC(C)Oc1ccc(CCN2C(=O)c3ccccc3[C@]34C(CCC[C@H]3O[Si](C)(C)C(C)(C)C)C(=O)N[C@@H]24)cc1. The Morgan fingerprint density at radius 1 is 1.05 bits per heavy atom. The molecule has 1 spiro atoms. The molecule has 0 radical (unpaired) electrons. The van der Waals surface area contributed by atoms with E-state index in [4.69, 9.17) is 9.16 Å². The summed E-state index contributed by atoms with van der Waals surface area (Å²) in [5, 5.41) is 3.35. The predicted molar refractivity (Wildman–Crippen MR) is 156 cm³/mol. The molecular weight excluding hydrogens is 504 g/mol. The van der Waals surface area contributed by atoms with Gasteiger partial charge in [-0.1, -0.05) is 57.5 Å². The van der Waals surface area contributed by atoms with Crippen molar-refractivity contribution in [1.29, 1.82) is 0 Å². The van der Waals surface area contributed by atoms with Crippen LogP contribution in [0.3, 0.4) is 0 Å². The van der Waals surface area contributed by atoms with Crippen LogP contribution < -0.4 is 10.1 Å². The molecule has 1 unspecified atom stereocenters. The Morgan fingerprint density at radius 3 is 2.41 bits per heavy atom. The molecule has 2 aromatic rings. The predicted octanol–water partition coefficient (Wildman–Crippen LogP) is 6.06. The second kappa shape index (κ2) is 10.1. The number of nitrogens with one attached hydrogen (secondary N) is 1. The molecule has 0 bridgehead atoms. The zero-order valence-corrected chi connectivity index (χ0v) is 25.5. The number of hydrogen-bond donors (Lipinski definition) is 1. The van der Waals surface area contributed by atoms with Crippen molar-refractivity contribution in [3.63, 3.8) is 0 Å². The van der Waals surface area contributed by atoms with Gasteiger partial charge in [-0.05, 0) is 80.6 Å². The molecule has 39 heavy (non-hydrogen) atoms. The molecule has 5 rings (SSSR count). The highest BCUT2D eigenvalue weighted by Gasteiger charge is 2.67. The summed E-state index contributed by atoms with van der Waals surface area (Å²) in [6.07, 6.45) is 2.91. The molecule has 3 aliphatic rings. The molecule has 0 aromatic heterocycles. The molecule has 1 saturated carbocycles. The van der Waals surface area contributed by atoms with Crippen LogP contribution >= 0.6 is 0 Å². The van der Waals surface area contributed by atoms with E-state index in [1.807, 2.05) is 49.1 Å². The highest BCUT2D eigenvalue weighted by molar-refractivity contribution is 6.74. The molecule has 2 aromatic carbocycles. The summed E-state index contributed by atoms with van der Waals surface area (Å²) in [6.45, 7) is 15.9. The standard InChI is InChI=1S/C32H44N2O4Si/c1-21(2)37-23-17-15-22(16-18-23)19-20-34-29(36)24-11-8-9-12-25(24)32-26(28(35)33-30(32)34)13-10-14-27(32)38-39(6,7)31(3,4)5/h8-9,11-12,15-18,21,26-27,30H,10,13-14,19-20H2,1-7H3,(H,33,35)/t26?,27-,30+,32+/m1/s1. The van der Waals surface area contributed by atoms with Crippen molar-refractivity contribution in [2.24, 2.45) is 5.92 Å². The van der Waals surface area contributed by atoms with Gasteiger partial charge in [-0.3, -0.25) is 9.59 Å². The van der Waals surface area contributed by atoms with Crippen LogP contribution in [0.4, 0.5) is 0 Å². The largest absolute Gasteiger partial charge is 0.491 e. The first-order valence-electron chi connectivity index (χ1n) is 14.5. The summed E-state index contributed by atoms with van der Waals surface area (Å²) in [5.74, 6) is 0.663.